The van der Waals surface area contributed by atoms with Gasteiger partial charge in [-0.1, -0.05) is 11.6 Å². The minimum Gasteiger partial charge on any atom is -0.493 e. The number of amides is 2. The standard InChI is InChI=1S/C17H16ClNO8S/c1-3-26-14(22)7-19-16(23)12(28-17(19)24)6-9-4-10(18)15(11(5-9)25-2)27-8-13(20)21/h4-6H,3,7-8H2,1-2H3,(H,20,21)/b12-6-. The van der Waals surface area contributed by atoms with Crippen LogP contribution in [0.15, 0.2) is 17.0 Å². The number of carbonyl (C=O) groups excluding carboxylic acids is 3. The lowest BCUT2D eigenvalue weighted by Gasteiger charge is -2.12. The number of carbonyl (C=O) groups is 4. The summed E-state index contributed by atoms with van der Waals surface area (Å²) in [6, 6.07) is 2.91. The lowest BCUT2D eigenvalue weighted by atomic mass is 10.1. The number of ether oxygens (including phenoxy) is 3. The predicted molar refractivity (Wildman–Crippen MR) is 100 cm³/mol. The number of hydrogen-bond acceptors (Lipinski definition) is 8. The van der Waals surface area contributed by atoms with E-state index >= 15 is 0 Å². The number of esters is 1. The van der Waals surface area contributed by atoms with Gasteiger partial charge in [0.25, 0.3) is 11.1 Å². The maximum atomic E-state index is 12.4. The van der Waals surface area contributed by atoms with Gasteiger partial charge in [-0.05, 0) is 42.5 Å². The Morgan fingerprint density at radius 2 is 2.04 bits per heavy atom. The summed E-state index contributed by atoms with van der Waals surface area (Å²) in [5.41, 5.74) is 0.422. The molecular formula is C17H16ClNO8S. The highest BCUT2D eigenvalue weighted by atomic mass is 35.5. The average Bonchev–Trinajstić information content (AvgIpc) is 2.87. The largest absolute Gasteiger partial charge is 0.493 e. The van der Waals surface area contributed by atoms with Crippen LogP contribution < -0.4 is 9.47 Å². The third-order valence-electron chi connectivity index (χ3n) is 3.36. The van der Waals surface area contributed by atoms with Crippen LogP contribution in [0.1, 0.15) is 12.5 Å². The first kappa shape index (κ1) is 21.6. The topological polar surface area (TPSA) is 119 Å². The number of rotatable bonds is 8. The van der Waals surface area contributed by atoms with Crippen LogP contribution in [0.25, 0.3) is 6.08 Å². The molecule has 0 unspecified atom stereocenters. The van der Waals surface area contributed by atoms with Crippen LogP contribution in [-0.2, 0) is 19.1 Å². The van der Waals surface area contributed by atoms with Crippen molar-refractivity contribution in [3.05, 3.63) is 27.6 Å². The van der Waals surface area contributed by atoms with Gasteiger partial charge in [-0.15, -0.1) is 0 Å². The highest BCUT2D eigenvalue weighted by Gasteiger charge is 2.36. The highest BCUT2D eigenvalue weighted by Crippen LogP contribution is 2.38. The molecule has 1 aromatic rings. The van der Waals surface area contributed by atoms with Crippen molar-refractivity contribution in [1.29, 1.82) is 0 Å². The molecule has 28 heavy (non-hydrogen) atoms. The Bertz CT molecular complexity index is 854. The first-order valence-electron chi connectivity index (χ1n) is 7.90. The van der Waals surface area contributed by atoms with E-state index < -0.39 is 36.2 Å². The molecular weight excluding hydrogens is 414 g/mol. The van der Waals surface area contributed by atoms with Gasteiger partial charge in [0.05, 0.1) is 23.6 Å². The van der Waals surface area contributed by atoms with E-state index in [1.165, 1.54) is 25.3 Å². The maximum absolute atomic E-state index is 12.4. The second-order valence-corrected chi connectivity index (χ2v) is 6.69. The Hall–Kier alpha value is -2.72. The first-order chi connectivity index (χ1) is 13.3. The maximum Gasteiger partial charge on any atom is 0.341 e. The predicted octanol–water partition coefficient (Wildman–Crippen LogP) is 2.41. The van der Waals surface area contributed by atoms with Gasteiger partial charge in [0, 0.05) is 0 Å². The van der Waals surface area contributed by atoms with Gasteiger partial charge < -0.3 is 19.3 Å². The van der Waals surface area contributed by atoms with E-state index in [1.807, 2.05) is 0 Å². The molecule has 1 N–H and O–H groups in total. The minimum atomic E-state index is -1.18. The lowest BCUT2D eigenvalue weighted by Crippen LogP contribution is -2.34. The number of thioether (sulfide) groups is 1. The van der Waals surface area contributed by atoms with Crippen molar-refractivity contribution in [3.8, 4) is 11.5 Å². The molecule has 1 heterocycles. The molecule has 1 saturated heterocycles. The first-order valence-corrected chi connectivity index (χ1v) is 9.09. The fourth-order valence-corrected chi connectivity index (χ4v) is 3.33. The van der Waals surface area contributed by atoms with E-state index in [1.54, 1.807) is 6.92 Å². The minimum absolute atomic E-state index is 0.0409. The van der Waals surface area contributed by atoms with Crippen molar-refractivity contribution in [2.75, 3.05) is 26.9 Å². The van der Waals surface area contributed by atoms with Crippen molar-refractivity contribution in [3.63, 3.8) is 0 Å². The van der Waals surface area contributed by atoms with Gasteiger partial charge in [0.15, 0.2) is 18.1 Å². The monoisotopic (exact) mass is 429 g/mol. The molecule has 150 valence electrons. The molecule has 0 aliphatic carbocycles. The molecule has 9 nitrogen and oxygen atoms in total. The van der Waals surface area contributed by atoms with Gasteiger partial charge in [0.2, 0.25) is 0 Å². The molecule has 2 rings (SSSR count). The second-order valence-electron chi connectivity index (χ2n) is 5.29. The second kappa shape index (κ2) is 9.47. The van der Waals surface area contributed by atoms with E-state index in [9.17, 15) is 19.2 Å². The van der Waals surface area contributed by atoms with Crippen molar-refractivity contribution in [2.45, 2.75) is 6.92 Å². The van der Waals surface area contributed by atoms with Gasteiger partial charge in [-0.3, -0.25) is 19.3 Å². The van der Waals surface area contributed by atoms with Crippen molar-refractivity contribution < 1.29 is 38.5 Å². The van der Waals surface area contributed by atoms with Crippen LogP contribution in [0.5, 0.6) is 11.5 Å². The Labute approximate surface area is 169 Å². The Balaban J connectivity index is 2.26. The summed E-state index contributed by atoms with van der Waals surface area (Å²) >= 11 is 6.79. The number of aliphatic carboxylic acids is 1. The van der Waals surface area contributed by atoms with Gasteiger partial charge in [0.1, 0.15) is 6.54 Å². The number of carboxylic acid groups (broad SMARTS) is 1. The van der Waals surface area contributed by atoms with Crippen LogP contribution in [-0.4, -0.2) is 60.0 Å². The van der Waals surface area contributed by atoms with Crippen LogP contribution >= 0.6 is 23.4 Å². The molecule has 1 fully saturated rings. The number of benzene rings is 1. The molecule has 1 aliphatic rings. The molecule has 0 atom stereocenters. The molecule has 0 aromatic heterocycles. The van der Waals surface area contributed by atoms with E-state index in [0.717, 1.165) is 4.90 Å². The molecule has 1 aromatic carbocycles. The number of nitrogens with zero attached hydrogens (tertiary/aromatic N) is 1. The molecule has 1 aliphatic heterocycles. The van der Waals surface area contributed by atoms with Gasteiger partial charge in [-0.25, -0.2) is 4.79 Å². The summed E-state index contributed by atoms with van der Waals surface area (Å²) in [6.07, 6.45) is 1.41. The summed E-state index contributed by atoms with van der Waals surface area (Å²) in [6.45, 7) is 0.677. The third-order valence-corrected chi connectivity index (χ3v) is 4.54. The number of methoxy groups -OCH3 is 1. The summed E-state index contributed by atoms with van der Waals surface area (Å²) in [5, 5.41) is 8.19. The average molecular weight is 430 g/mol. The zero-order chi connectivity index (χ0) is 20.8. The van der Waals surface area contributed by atoms with E-state index in [2.05, 4.69) is 0 Å². The van der Waals surface area contributed by atoms with Gasteiger partial charge in [-0.2, -0.15) is 0 Å². The number of hydrogen-bond donors (Lipinski definition) is 1. The van der Waals surface area contributed by atoms with Crippen LogP contribution in [0.2, 0.25) is 5.02 Å². The summed E-state index contributed by atoms with van der Waals surface area (Å²) in [5.74, 6) is -2.30. The van der Waals surface area contributed by atoms with Crippen molar-refractivity contribution in [2.24, 2.45) is 0 Å². The number of carboxylic acids is 1. The van der Waals surface area contributed by atoms with Crippen LogP contribution in [0.4, 0.5) is 4.79 Å². The lowest BCUT2D eigenvalue weighted by molar-refractivity contribution is -0.146. The van der Waals surface area contributed by atoms with Gasteiger partial charge >= 0.3 is 11.9 Å². The molecule has 0 radical (unpaired) electrons. The number of halogens is 1. The molecule has 0 saturated carbocycles. The zero-order valence-electron chi connectivity index (χ0n) is 14.9. The van der Waals surface area contributed by atoms with E-state index in [4.69, 9.17) is 30.9 Å². The number of imide groups is 1. The summed E-state index contributed by atoms with van der Waals surface area (Å²) in [4.78, 5) is 47.5. The third kappa shape index (κ3) is 5.17. The van der Waals surface area contributed by atoms with E-state index in [-0.39, 0.29) is 28.0 Å². The molecule has 0 bridgehead atoms. The molecule has 0 spiro atoms. The van der Waals surface area contributed by atoms with Crippen molar-refractivity contribution in [1.82, 2.24) is 4.90 Å². The highest BCUT2D eigenvalue weighted by molar-refractivity contribution is 8.18. The quantitative estimate of drug-likeness (QED) is 0.490. The van der Waals surface area contributed by atoms with Crippen LogP contribution in [0, 0.1) is 0 Å². The van der Waals surface area contributed by atoms with Crippen molar-refractivity contribution >= 4 is 52.5 Å². The van der Waals surface area contributed by atoms with E-state index in [0.29, 0.717) is 17.3 Å². The Kier molecular flexibility index (Phi) is 7.30. The fraction of sp³-hybridized carbons (Fsp3) is 0.294. The normalized spacial score (nSPS) is 15.1. The van der Waals surface area contributed by atoms with Crippen LogP contribution in [0.3, 0.4) is 0 Å². The Morgan fingerprint density at radius 3 is 2.64 bits per heavy atom. The zero-order valence-corrected chi connectivity index (χ0v) is 16.5. The SMILES string of the molecule is CCOC(=O)CN1C(=O)S/C(=C\c2cc(Cl)c(OCC(=O)O)c(OC)c2)C1=O. The smallest absolute Gasteiger partial charge is 0.341 e. The Morgan fingerprint density at radius 1 is 1.32 bits per heavy atom. The molecule has 2 amide bonds. The molecule has 11 heteroatoms. The summed E-state index contributed by atoms with van der Waals surface area (Å²) in [7, 11) is 1.34. The summed E-state index contributed by atoms with van der Waals surface area (Å²) < 4.78 is 15.0. The fourth-order valence-electron chi connectivity index (χ4n) is 2.22.